The number of aryl methyl sites for hydroxylation is 2. The number of benzene rings is 2. The van der Waals surface area contributed by atoms with Crippen LogP contribution in [-0.4, -0.2) is 14.8 Å². The molecule has 0 saturated heterocycles. The van der Waals surface area contributed by atoms with E-state index in [0.717, 1.165) is 22.5 Å². The molecule has 3 aromatic rings. The summed E-state index contributed by atoms with van der Waals surface area (Å²) < 4.78 is 7.91. The molecule has 0 saturated carbocycles. The third-order valence-corrected chi connectivity index (χ3v) is 5.02. The lowest BCUT2D eigenvalue weighted by Gasteiger charge is -2.09. The topological polar surface area (TPSA) is 39.9 Å². The van der Waals surface area contributed by atoms with Crippen LogP contribution < -0.4 is 4.74 Å². The van der Waals surface area contributed by atoms with Crippen LogP contribution >= 0.6 is 11.8 Å². The first kappa shape index (κ1) is 18.3. The fourth-order valence-corrected chi connectivity index (χ4v) is 3.38. The van der Waals surface area contributed by atoms with Crippen LogP contribution in [0, 0.1) is 13.8 Å². The number of ether oxygens (including phenoxy) is 1. The van der Waals surface area contributed by atoms with Crippen molar-refractivity contribution < 1.29 is 4.74 Å². The SMILES string of the molecule is C=CCn1c(COc2ccc(C)cc2)nnc1SCc1ccc(C)cc1. The van der Waals surface area contributed by atoms with E-state index in [1.54, 1.807) is 11.8 Å². The first-order chi connectivity index (χ1) is 12.7. The molecule has 0 radical (unpaired) electrons. The molecular weight excluding hydrogens is 342 g/mol. The summed E-state index contributed by atoms with van der Waals surface area (Å²) in [6.07, 6.45) is 1.86. The van der Waals surface area contributed by atoms with Crippen LogP contribution in [0.3, 0.4) is 0 Å². The smallest absolute Gasteiger partial charge is 0.191 e. The second-order valence-electron chi connectivity index (χ2n) is 6.17. The number of hydrogen-bond donors (Lipinski definition) is 0. The molecule has 2 aromatic carbocycles. The fraction of sp³-hybridized carbons (Fsp3) is 0.238. The minimum Gasteiger partial charge on any atom is -0.486 e. The molecule has 0 amide bonds. The number of rotatable bonds is 8. The second-order valence-corrected chi connectivity index (χ2v) is 7.12. The Morgan fingerprint density at radius 2 is 1.65 bits per heavy atom. The fourth-order valence-electron chi connectivity index (χ4n) is 2.46. The molecule has 1 aromatic heterocycles. The standard InChI is InChI=1S/C21H23N3OS/c1-4-13-24-20(14-25-19-11-7-17(3)8-12-19)22-23-21(24)26-15-18-9-5-16(2)6-10-18/h4-12H,1,13-15H2,2-3H3. The molecule has 1 heterocycles. The van der Waals surface area contributed by atoms with Crippen molar-refractivity contribution in [1.29, 1.82) is 0 Å². The van der Waals surface area contributed by atoms with Gasteiger partial charge in [-0.05, 0) is 31.5 Å². The van der Waals surface area contributed by atoms with Crippen molar-refractivity contribution in [2.75, 3.05) is 0 Å². The maximum atomic E-state index is 5.86. The summed E-state index contributed by atoms with van der Waals surface area (Å²) in [5, 5.41) is 9.54. The zero-order valence-corrected chi connectivity index (χ0v) is 16.0. The van der Waals surface area contributed by atoms with Gasteiger partial charge >= 0.3 is 0 Å². The van der Waals surface area contributed by atoms with E-state index < -0.39 is 0 Å². The Morgan fingerprint density at radius 3 is 2.31 bits per heavy atom. The summed E-state index contributed by atoms with van der Waals surface area (Å²) in [6.45, 7) is 9.05. The number of allylic oxidation sites excluding steroid dienone is 1. The van der Waals surface area contributed by atoms with Gasteiger partial charge in [0, 0.05) is 12.3 Å². The Hall–Kier alpha value is -2.53. The van der Waals surface area contributed by atoms with Crippen molar-refractivity contribution in [2.24, 2.45) is 0 Å². The minimum absolute atomic E-state index is 0.384. The molecule has 26 heavy (non-hydrogen) atoms. The van der Waals surface area contributed by atoms with Gasteiger partial charge in [-0.1, -0.05) is 65.4 Å². The number of aromatic nitrogens is 3. The molecule has 0 aliphatic heterocycles. The lowest BCUT2D eigenvalue weighted by molar-refractivity contribution is 0.289. The van der Waals surface area contributed by atoms with Gasteiger partial charge in [-0.25, -0.2) is 0 Å². The third-order valence-electron chi connectivity index (χ3n) is 3.98. The predicted octanol–water partition coefficient (Wildman–Crippen LogP) is 4.95. The highest BCUT2D eigenvalue weighted by Gasteiger charge is 2.12. The number of hydrogen-bond acceptors (Lipinski definition) is 4. The largest absolute Gasteiger partial charge is 0.486 e. The molecule has 0 spiro atoms. The third kappa shape index (κ3) is 4.76. The van der Waals surface area contributed by atoms with Crippen LogP contribution in [0.15, 0.2) is 66.3 Å². The first-order valence-corrected chi connectivity index (χ1v) is 9.55. The van der Waals surface area contributed by atoms with Gasteiger partial charge in [0.05, 0.1) is 0 Å². The molecule has 4 nitrogen and oxygen atoms in total. The van der Waals surface area contributed by atoms with Crippen molar-refractivity contribution in [1.82, 2.24) is 14.8 Å². The Labute approximate surface area is 158 Å². The van der Waals surface area contributed by atoms with Crippen LogP contribution in [0.4, 0.5) is 0 Å². The highest BCUT2D eigenvalue weighted by Crippen LogP contribution is 2.23. The van der Waals surface area contributed by atoms with Gasteiger partial charge < -0.3 is 4.74 Å². The molecule has 0 fully saturated rings. The average Bonchev–Trinajstić information content (AvgIpc) is 3.03. The molecular formula is C21H23N3OS. The summed E-state index contributed by atoms with van der Waals surface area (Å²) in [5.74, 6) is 2.49. The molecule has 0 aliphatic carbocycles. The summed E-state index contributed by atoms with van der Waals surface area (Å²) in [7, 11) is 0. The van der Waals surface area contributed by atoms with Gasteiger partial charge in [0.2, 0.25) is 0 Å². The van der Waals surface area contributed by atoms with Crippen LogP contribution in [0.25, 0.3) is 0 Å². The van der Waals surface area contributed by atoms with Crippen LogP contribution in [0.1, 0.15) is 22.5 Å². The van der Waals surface area contributed by atoms with Gasteiger partial charge in [-0.3, -0.25) is 4.57 Å². The van der Waals surface area contributed by atoms with Gasteiger partial charge in [0.25, 0.3) is 0 Å². The molecule has 0 unspecified atom stereocenters. The molecule has 0 aliphatic rings. The van der Waals surface area contributed by atoms with Gasteiger partial charge in [0.1, 0.15) is 12.4 Å². The summed E-state index contributed by atoms with van der Waals surface area (Å²) in [6, 6.07) is 16.6. The monoisotopic (exact) mass is 365 g/mol. The number of thioether (sulfide) groups is 1. The molecule has 0 N–H and O–H groups in total. The molecule has 134 valence electrons. The zero-order chi connectivity index (χ0) is 18.4. The van der Waals surface area contributed by atoms with E-state index in [2.05, 4.69) is 59.5 Å². The van der Waals surface area contributed by atoms with Crippen molar-refractivity contribution in [2.45, 2.75) is 37.9 Å². The van der Waals surface area contributed by atoms with Crippen molar-refractivity contribution >= 4 is 11.8 Å². The van der Waals surface area contributed by atoms with Gasteiger partial charge in [0.15, 0.2) is 11.0 Å². The maximum Gasteiger partial charge on any atom is 0.191 e. The van der Waals surface area contributed by atoms with Crippen molar-refractivity contribution in [3.05, 3.63) is 83.7 Å². The first-order valence-electron chi connectivity index (χ1n) is 8.56. The van der Waals surface area contributed by atoms with Crippen molar-refractivity contribution in [3.8, 4) is 5.75 Å². The van der Waals surface area contributed by atoms with Gasteiger partial charge in [-0.2, -0.15) is 0 Å². The zero-order valence-electron chi connectivity index (χ0n) is 15.2. The summed E-state index contributed by atoms with van der Waals surface area (Å²) in [4.78, 5) is 0. The normalized spacial score (nSPS) is 10.7. The van der Waals surface area contributed by atoms with Crippen LogP contribution in [0.5, 0.6) is 5.75 Å². The van der Waals surface area contributed by atoms with Crippen LogP contribution in [0.2, 0.25) is 0 Å². The average molecular weight is 366 g/mol. The maximum absolute atomic E-state index is 5.86. The molecule has 0 bridgehead atoms. The Morgan fingerprint density at radius 1 is 1.00 bits per heavy atom. The predicted molar refractivity (Wildman–Crippen MR) is 106 cm³/mol. The van der Waals surface area contributed by atoms with E-state index in [1.165, 1.54) is 16.7 Å². The lowest BCUT2D eigenvalue weighted by atomic mass is 10.2. The molecule has 0 atom stereocenters. The quantitative estimate of drug-likeness (QED) is 0.418. The van der Waals surface area contributed by atoms with E-state index in [1.807, 2.05) is 30.3 Å². The lowest BCUT2D eigenvalue weighted by Crippen LogP contribution is -2.07. The van der Waals surface area contributed by atoms with E-state index in [9.17, 15) is 0 Å². The molecule has 3 rings (SSSR count). The van der Waals surface area contributed by atoms with Crippen molar-refractivity contribution in [3.63, 3.8) is 0 Å². The van der Waals surface area contributed by atoms with E-state index >= 15 is 0 Å². The Bertz CT molecular complexity index is 787. The minimum atomic E-state index is 0.384. The van der Waals surface area contributed by atoms with E-state index in [0.29, 0.717) is 13.2 Å². The highest BCUT2D eigenvalue weighted by atomic mass is 32.2. The Balaban J connectivity index is 1.67. The van der Waals surface area contributed by atoms with Gasteiger partial charge in [-0.15, -0.1) is 16.8 Å². The second kappa shape index (κ2) is 8.72. The van der Waals surface area contributed by atoms with E-state index in [4.69, 9.17) is 4.74 Å². The Kier molecular flexibility index (Phi) is 6.12. The highest BCUT2D eigenvalue weighted by molar-refractivity contribution is 7.98. The van der Waals surface area contributed by atoms with Crippen LogP contribution in [-0.2, 0) is 18.9 Å². The number of nitrogens with zero attached hydrogens (tertiary/aromatic N) is 3. The van der Waals surface area contributed by atoms with E-state index in [-0.39, 0.29) is 0 Å². The summed E-state index contributed by atoms with van der Waals surface area (Å²) >= 11 is 1.68. The summed E-state index contributed by atoms with van der Waals surface area (Å²) in [5.41, 5.74) is 3.75. The molecule has 5 heteroatoms.